The van der Waals surface area contributed by atoms with Crippen LogP contribution < -0.4 is 0 Å². The Hall–Kier alpha value is -2.06. The maximum absolute atomic E-state index is 12.6. The zero-order valence-corrected chi connectivity index (χ0v) is 13.4. The van der Waals surface area contributed by atoms with Gasteiger partial charge in [0.2, 0.25) is 5.91 Å². The van der Waals surface area contributed by atoms with E-state index in [2.05, 4.69) is 12.1 Å². The van der Waals surface area contributed by atoms with Crippen LogP contribution in [0.15, 0.2) is 66.9 Å². The maximum Gasteiger partial charge on any atom is 0.248 e. The van der Waals surface area contributed by atoms with Crippen molar-refractivity contribution in [2.75, 3.05) is 7.05 Å². The number of nitrogens with zero attached hydrogens (tertiary/aromatic N) is 1. The Morgan fingerprint density at radius 3 is 2.14 bits per heavy atom. The molecule has 22 heavy (non-hydrogen) atoms. The van der Waals surface area contributed by atoms with E-state index in [0.29, 0.717) is 0 Å². The summed E-state index contributed by atoms with van der Waals surface area (Å²) in [5.74, 6) is -0.260. The van der Waals surface area contributed by atoms with Crippen molar-refractivity contribution in [2.45, 2.75) is 17.7 Å². The predicted molar refractivity (Wildman–Crippen MR) is 90.6 cm³/mol. The molecule has 2 atom stereocenters. The molecule has 2 nitrogen and oxygen atoms in total. The van der Waals surface area contributed by atoms with Crippen molar-refractivity contribution in [1.29, 1.82) is 0 Å². The number of carbonyl (C=O) groups is 1. The summed E-state index contributed by atoms with van der Waals surface area (Å²) in [6.07, 6.45) is 1.90. The number of benzene rings is 2. The third kappa shape index (κ3) is 2.44. The number of hydrogen-bond donors (Lipinski definition) is 0. The normalized spacial score (nSPS) is 25.0. The van der Waals surface area contributed by atoms with Gasteiger partial charge in [-0.2, -0.15) is 0 Å². The third-order valence-corrected chi connectivity index (χ3v) is 4.54. The summed E-state index contributed by atoms with van der Waals surface area (Å²) in [4.78, 5) is 13.1. The molecular formula is C19H18ClNO. The highest BCUT2D eigenvalue weighted by Gasteiger charge is 2.47. The number of halogens is 1. The van der Waals surface area contributed by atoms with Gasteiger partial charge in [-0.05, 0) is 23.6 Å². The van der Waals surface area contributed by atoms with Gasteiger partial charge in [-0.1, -0.05) is 60.7 Å². The summed E-state index contributed by atoms with van der Waals surface area (Å²) >= 11 is 6.73. The molecule has 0 aromatic heterocycles. The van der Waals surface area contributed by atoms with Crippen LogP contribution in [0.2, 0.25) is 0 Å². The predicted octanol–water partition coefficient (Wildman–Crippen LogP) is 4.28. The first kappa shape index (κ1) is 14.9. The molecule has 2 aromatic carbocycles. The average Bonchev–Trinajstić information content (AvgIpc) is 2.54. The van der Waals surface area contributed by atoms with Crippen molar-refractivity contribution >= 4 is 23.1 Å². The molecule has 0 spiro atoms. The van der Waals surface area contributed by atoms with E-state index in [1.165, 1.54) is 0 Å². The maximum atomic E-state index is 12.6. The van der Waals surface area contributed by atoms with Gasteiger partial charge in [-0.25, -0.2) is 0 Å². The van der Waals surface area contributed by atoms with Crippen LogP contribution in [-0.2, 0) is 4.79 Å². The molecule has 1 aliphatic rings. The second-order valence-corrected chi connectivity index (χ2v) is 6.57. The number of hydrogen-bond acceptors (Lipinski definition) is 1. The molecule has 0 N–H and O–H groups in total. The van der Waals surface area contributed by atoms with Crippen molar-refractivity contribution in [2.24, 2.45) is 0 Å². The first-order valence-corrected chi connectivity index (χ1v) is 7.68. The van der Waals surface area contributed by atoms with Gasteiger partial charge in [-0.15, -0.1) is 11.6 Å². The van der Waals surface area contributed by atoms with Crippen molar-refractivity contribution in [3.8, 4) is 0 Å². The summed E-state index contributed by atoms with van der Waals surface area (Å²) in [6.45, 7) is 1.81. The second kappa shape index (κ2) is 5.62. The monoisotopic (exact) mass is 311 g/mol. The van der Waals surface area contributed by atoms with E-state index >= 15 is 0 Å². The Labute approximate surface area is 136 Å². The number of carbonyl (C=O) groups excluding carboxylic acids is 1. The van der Waals surface area contributed by atoms with E-state index in [9.17, 15) is 4.79 Å². The average molecular weight is 312 g/mol. The Morgan fingerprint density at radius 2 is 1.55 bits per heavy atom. The quantitative estimate of drug-likeness (QED) is 0.758. The first-order chi connectivity index (χ1) is 10.5. The van der Waals surface area contributed by atoms with Crippen LogP contribution in [0.25, 0.3) is 5.57 Å². The summed E-state index contributed by atoms with van der Waals surface area (Å²) in [5.41, 5.74) is 3.20. The standard InChI is InChI=1S/C19H18ClNO/c1-19(20)17(15-11-7-4-8-12-15)16(13-21(2)18(19)22)14-9-5-3-6-10-14/h3-13,17H,1-2H3/t17-,19-/m0/s1. The van der Waals surface area contributed by atoms with Crippen molar-refractivity contribution in [3.05, 3.63) is 78.0 Å². The van der Waals surface area contributed by atoms with Crippen LogP contribution in [-0.4, -0.2) is 22.7 Å². The zero-order valence-electron chi connectivity index (χ0n) is 12.7. The summed E-state index contributed by atoms with van der Waals surface area (Å²) in [6, 6.07) is 20.1. The highest BCUT2D eigenvalue weighted by atomic mass is 35.5. The lowest BCUT2D eigenvalue weighted by atomic mass is 9.76. The topological polar surface area (TPSA) is 20.3 Å². The number of alkyl halides is 1. The van der Waals surface area contributed by atoms with E-state index in [0.717, 1.165) is 16.7 Å². The fraction of sp³-hybridized carbons (Fsp3) is 0.211. The molecular weight excluding hydrogens is 294 g/mol. The van der Waals surface area contributed by atoms with Crippen LogP contribution >= 0.6 is 11.6 Å². The van der Waals surface area contributed by atoms with E-state index in [1.54, 1.807) is 18.9 Å². The molecule has 1 amide bonds. The van der Waals surface area contributed by atoms with Gasteiger partial charge in [0.1, 0.15) is 4.87 Å². The largest absolute Gasteiger partial charge is 0.320 e. The van der Waals surface area contributed by atoms with Crippen molar-refractivity contribution in [3.63, 3.8) is 0 Å². The summed E-state index contributed by atoms with van der Waals surface area (Å²) in [7, 11) is 1.76. The second-order valence-electron chi connectivity index (χ2n) is 5.79. The Bertz CT molecular complexity index is 707. The molecule has 1 aliphatic heterocycles. The lowest BCUT2D eigenvalue weighted by Gasteiger charge is -2.40. The van der Waals surface area contributed by atoms with Crippen molar-refractivity contribution in [1.82, 2.24) is 4.90 Å². The van der Waals surface area contributed by atoms with Crippen LogP contribution in [0.5, 0.6) is 0 Å². The van der Waals surface area contributed by atoms with Gasteiger partial charge in [-0.3, -0.25) is 4.79 Å². The Balaban J connectivity index is 2.20. The molecule has 0 radical (unpaired) electrons. The molecule has 1 heterocycles. The summed E-state index contributed by atoms with van der Waals surface area (Å²) < 4.78 is 0. The third-order valence-electron chi connectivity index (χ3n) is 4.16. The van der Waals surface area contributed by atoms with Gasteiger partial charge in [0.25, 0.3) is 0 Å². The minimum absolute atomic E-state index is 0.0808. The van der Waals surface area contributed by atoms with Gasteiger partial charge < -0.3 is 4.90 Å². The van der Waals surface area contributed by atoms with Crippen molar-refractivity contribution < 1.29 is 4.79 Å². The van der Waals surface area contributed by atoms with E-state index < -0.39 is 4.87 Å². The first-order valence-electron chi connectivity index (χ1n) is 7.30. The molecule has 0 aliphatic carbocycles. The van der Waals surface area contributed by atoms with E-state index in [1.807, 2.05) is 54.7 Å². The fourth-order valence-electron chi connectivity index (χ4n) is 3.11. The van der Waals surface area contributed by atoms with Crippen LogP contribution in [0, 0.1) is 0 Å². The smallest absolute Gasteiger partial charge is 0.248 e. The highest BCUT2D eigenvalue weighted by molar-refractivity contribution is 6.36. The molecule has 2 aromatic rings. The minimum Gasteiger partial charge on any atom is -0.320 e. The zero-order chi connectivity index (χ0) is 15.7. The molecule has 112 valence electrons. The molecule has 0 saturated carbocycles. The molecule has 0 bridgehead atoms. The number of allylic oxidation sites excluding steroid dienone is 1. The van der Waals surface area contributed by atoms with Crippen LogP contribution in [0.1, 0.15) is 24.0 Å². The molecule has 0 unspecified atom stereocenters. The molecule has 0 fully saturated rings. The molecule has 0 saturated heterocycles. The van der Waals surface area contributed by atoms with E-state index in [4.69, 9.17) is 11.6 Å². The van der Waals surface area contributed by atoms with Crippen LogP contribution in [0.3, 0.4) is 0 Å². The Morgan fingerprint density at radius 1 is 1.00 bits per heavy atom. The SMILES string of the molecule is CN1C=C(c2ccccc2)[C@H](c2ccccc2)[C@](C)(Cl)C1=O. The molecule has 3 heteroatoms. The fourth-order valence-corrected chi connectivity index (χ4v) is 3.49. The number of rotatable bonds is 2. The summed E-state index contributed by atoms with van der Waals surface area (Å²) in [5, 5.41) is 0. The van der Waals surface area contributed by atoms with Gasteiger partial charge in [0, 0.05) is 19.2 Å². The molecule has 3 rings (SSSR count). The van der Waals surface area contributed by atoms with Gasteiger partial charge in [0.15, 0.2) is 0 Å². The van der Waals surface area contributed by atoms with Gasteiger partial charge in [0.05, 0.1) is 0 Å². The minimum atomic E-state index is -1.00. The van der Waals surface area contributed by atoms with E-state index in [-0.39, 0.29) is 11.8 Å². The number of amides is 1. The lowest BCUT2D eigenvalue weighted by molar-refractivity contribution is -0.130. The van der Waals surface area contributed by atoms with Gasteiger partial charge >= 0.3 is 0 Å². The lowest BCUT2D eigenvalue weighted by Crippen LogP contribution is -2.47. The highest BCUT2D eigenvalue weighted by Crippen LogP contribution is 2.47. The van der Waals surface area contributed by atoms with Crippen LogP contribution in [0.4, 0.5) is 0 Å². The Kier molecular flexibility index (Phi) is 3.79.